The lowest BCUT2D eigenvalue weighted by Gasteiger charge is -2.23. The molecule has 0 bridgehead atoms. The van der Waals surface area contributed by atoms with Crippen LogP contribution >= 0.6 is 0 Å². The average Bonchev–Trinajstić information content (AvgIpc) is 2.39. The number of hydrogen-bond donors (Lipinski definition) is 2. The summed E-state index contributed by atoms with van der Waals surface area (Å²) >= 11 is 0. The second kappa shape index (κ2) is 6.36. The van der Waals surface area contributed by atoms with Crippen LogP contribution in [0.25, 0.3) is 0 Å². The fraction of sp³-hybridized carbons (Fsp3) is 0.538. The molecule has 19 heavy (non-hydrogen) atoms. The van der Waals surface area contributed by atoms with Crippen LogP contribution in [0.5, 0.6) is 0 Å². The number of ether oxygens (including phenoxy) is 1. The van der Waals surface area contributed by atoms with E-state index in [4.69, 9.17) is 4.74 Å². The number of benzene rings is 1. The van der Waals surface area contributed by atoms with Crippen molar-refractivity contribution in [3.8, 4) is 0 Å². The van der Waals surface area contributed by atoms with Crippen LogP contribution in [0.15, 0.2) is 29.2 Å². The molecule has 1 aromatic rings. The monoisotopic (exact) mass is 286 g/mol. The van der Waals surface area contributed by atoms with Gasteiger partial charge in [-0.1, -0.05) is 12.1 Å². The zero-order valence-corrected chi connectivity index (χ0v) is 12.7. The summed E-state index contributed by atoms with van der Waals surface area (Å²) in [6, 6.07) is 6.84. The van der Waals surface area contributed by atoms with Gasteiger partial charge in [-0.05, 0) is 39.4 Å². The zero-order chi connectivity index (χ0) is 14.5. The molecule has 1 aromatic carbocycles. The third kappa shape index (κ3) is 4.49. The third-order valence-corrected chi connectivity index (χ3v) is 4.51. The van der Waals surface area contributed by atoms with Crippen molar-refractivity contribution in [3.63, 3.8) is 0 Å². The second-order valence-corrected chi connectivity index (χ2v) is 6.70. The average molecular weight is 286 g/mol. The largest absolute Gasteiger partial charge is 0.384 e. The molecule has 0 spiro atoms. The van der Waals surface area contributed by atoms with Crippen molar-refractivity contribution in [2.24, 2.45) is 0 Å². The Kier molecular flexibility index (Phi) is 5.34. The van der Waals surface area contributed by atoms with E-state index < -0.39 is 10.0 Å². The lowest BCUT2D eigenvalue weighted by atomic mass is 10.1. The van der Waals surface area contributed by atoms with E-state index in [-0.39, 0.29) is 10.5 Å². The van der Waals surface area contributed by atoms with Crippen LogP contribution in [0.2, 0.25) is 0 Å². The fourth-order valence-electron chi connectivity index (χ4n) is 1.56. The predicted molar refractivity (Wildman–Crippen MR) is 76.9 cm³/mol. The van der Waals surface area contributed by atoms with E-state index >= 15 is 0 Å². The van der Waals surface area contributed by atoms with Gasteiger partial charge in [0.2, 0.25) is 10.0 Å². The standard InChI is InChI=1S/C13H22N2O3S/c1-13(2,18-4)9-10-15-11-7-5-6-8-12(11)19(16,17)14-3/h5-8,14-15H,9-10H2,1-4H3. The third-order valence-electron chi connectivity index (χ3n) is 3.04. The molecule has 0 atom stereocenters. The van der Waals surface area contributed by atoms with E-state index in [2.05, 4.69) is 10.0 Å². The number of para-hydroxylation sites is 1. The van der Waals surface area contributed by atoms with Gasteiger partial charge in [0.25, 0.3) is 0 Å². The number of rotatable bonds is 7. The number of anilines is 1. The van der Waals surface area contributed by atoms with Gasteiger partial charge >= 0.3 is 0 Å². The summed E-state index contributed by atoms with van der Waals surface area (Å²) in [7, 11) is -0.375. The molecule has 0 unspecified atom stereocenters. The maximum Gasteiger partial charge on any atom is 0.242 e. The van der Waals surface area contributed by atoms with E-state index in [9.17, 15) is 8.42 Å². The van der Waals surface area contributed by atoms with Crippen molar-refractivity contribution in [1.82, 2.24) is 4.72 Å². The van der Waals surface area contributed by atoms with Gasteiger partial charge in [0.1, 0.15) is 4.90 Å². The summed E-state index contributed by atoms with van der Waals surface area (Å²) in [5.74, 6) is 0. The highest BCUT2D eigenvalue weighted by Crippen LogP contribution is 2.21. The van der Waals surface area contributed by atoms with Crippen molar-refractivity contribution in [2.45, 2.75) is 30.8 Å². The quantitative estimate of drug-likeness (QED) is 0.802. The lowest BCUT2D eigenvalue weighted by Crippen LogP contribution is -2.26. The maximum atomic E-state index is 11.9. The Hall–Kier alpha value is -1.11. The van der Waals surface area contributed by atoms with Crippen molar-refractivity contribution in [2.75, 3.05) is 26.0 Å². The minimum Gasteiger partial charge on any atom is -0.384 e. The van der Waals surface area contributed by atoms with E-state index in [0.717, 1.165) is 6.42 Å². The first-order chi connectivity index (χ1) is 8.82. The van der Waals surface area contributed by atoms with Gasteiger partial charge in [-0.25, -0.2) is 13.1 Å². The molecule has 2 N–H and O–H groups in total. The topological polar surface area (TPSA) is 67.4 Å². The fourth-order valence-corrected chi connectivity index (χ4v) is 2.46. The van der Waals surface area contributed by atoms with Crippen LogP contribution in [0, 0.1) is 0 Å². The van der Waals surface area contributed by atoms with Crippen LogP contribution in [-0.2, 0) is 14.8 Å². The van der Waals surface area contributed by atoms with Crippen molar-refractivity contribution in [3.05, 3.63) is 24.3 Å². The van der Waals surface area contributed by atoms with Gasteiger partial charge in [0.15, 0.2) is 0 Å². The highest BCUT2D eigenvalue weighted by molar-refractivity contribution is 7.89. The summed E-state index contributed by atoms with van der Waals surface area (Å²) in [5, 5.41) is 3.14. The maximum absolute atomic E-state index is 11.9. The number of nitrogens with one attached hydrogen (secondary N) is 2. The molecule has 1 rings (SSSR count). The van der Waals surface area contributed by atoms with Gasteiger partial charge in [-0.2, -0.15) is 0 Å². The molecule has 0 saturated carbocycles. The molecule has 0 aliphatic carbocycles. The Morgan fingerprint density at radius 2 is 1.89 bits per heavy atom. The molecule has 0 amide bonds. The van der Waals surface area contributed by atoms with Crippen molar-refractivity contribution >= 4 is 15.7 Å². The molecule has 6 heteroatoms. The number of hydrogen-bond acceptors (Lipinski definition) is 4. The molecular weight excluding hydrogens is 264 g/mol. The van der Waals surface area contributed by atoms with Gasteiger partial charge in [-0.15, -0.1) is 0 Å². The van der Waals surface area contributed by atoms with Crippen LogP contribution in [0.1, 0.15) is 20.3 Å². The highest BCUT2D eigenvalue weighted by Gasteiger charge is 2.18. The van der Waals surface area contributed by atoms with Crippen LogP contribution < -0.4 is 10.0 Å². The first kappa shape index (κ1) is 15.9. The lowest BCUT2D eigenvalue weighted by molar-refractivity contribution is 0.0185. The Balaban J connectivity index is 2.80. The van der Waals surface area contributed by atoms with Gasteiger partial charge in [0.05, 0.1) is 11.3 Å². The Morgan fingerprint density at radius 1 is 1.26 bits per heavy atom. The van der Waals surface area contributed by atoms with E-state index in [0.29, 0.717) is 12.2 Å². The molecule has 0 aliphatic heterocycles. The van der Waals surface area contributed by atoms with Gasteiger partial charge in [-0.3, -0.25) is 0 Å². The zero-order valence-electron chi connectivity index (χ0n) is 11.9. The smallest absolute Gasteiger partial charge is 0.242 e. The normalized spacial score (nSPS) is 12.4. The van der Waals surface area contributed by atoms with Crippen LogP contribution in [-0.4, -0.2) is 34.7 Å². The first-order valence-corrected chi connectivity index (χ1v) is 7.62. The molecule has 0 aliphatic rings. The van der Waals surface area contributed by atoms with Crippen LogP contribution in [0.3, 0.4) is 0 Å². The molecule has 0 saturated heterocycles. The highest BCUT2D eigenvalue weighted by atomic mass is 32.2. The summed E-state index contributed by atoms with van der Waals surface area (Å²) in [6.45, 7) is 4.62. The van der Waals surface area contributed by atoms with Gasteiger partial charge in [0, 0.05) is 13.7 Å². The minimum absolute atomic E-state index is 0.232. The molecular formula is C13H22N2O3S. The van der Waals surface area contributed by atoms with Crippen molar-refractivity contribution in [1.29, 1.82) is 0 Å². The summed E-state index contributed by atoms with van der Waals surface area (Å²) in [6.07, 6.45) is 0.775. The van der Waals surface area contributed by atoms with Crippen LogP contribution in [0.4, 0.5) is 5.69 Å². The summed E-state index contributed by atoms with van der Waals surface area (Å²) < 4.78 is 31.4. The Morgan fingerprint density at radius 3 is 2.47 bits per heavy atom. The van der Waals surface area contributed by atoms with Crippen molar-refractivity contribution < 1.29 is 13.2 Å². The SMILES string of the molecule is CNS(=O)(=O)c1ccccc1NCCC(C)(C)OC. The molecule has 5 nitrogen and oxygen atoms in total. The summed E-state index contributed by atoms with van der Waals surface area (Å²) in [4.78, 5) is 0.257. The molecule has 108 valence electrons. The molecule has 0 fully saturated rings. The Labute approximate surface area is 115 Å². The van der Waals surface area contributed by atoms with E-state index in [1.165, 1.54) is 7.05 Å². The minimum atomic E-state index is -3.44. The molecule has 0 heterocycles. The first-order valence-electron chi connectivity index (χ1n) is 6.14. The Bertz CT molecular complexity index is 512. The molecule has 0 radical (unpaired) electrons. The number of methoxy groups -OCH3 is 1. The van der Waals surface area contributed by atoms with E-state index in [1.54, 1.807) is 31.4 Å². The molecule has 0 aromatic heterocycles. The van der Waals surface area contributed by atoms with Gasteiger partial charge < -0.3 is 10.1 Å². The number of sulfonamides is 1. The van der Waals surface area contributed by atoms with E-state index in [1.807, 2.05) is 13.8 Å². The second-order valence-electron chi connectivity index (χ2n) is 4.84. The summed E-state index contributed by atoms with van der Waals surface area (Å²) in [5.41, 5.74) is 0.368. The predicted octanol–water partition coefficient (Wildman–Crippen LogP) is 1.82.